The van der Waals surface area contributed by atoms with E-state index < -0.39 is 4.92 Å². The summed E-state index contributed by atoms with van der Waals surface area (Å²) in [5.74, 6) is 0.793. The number of aromatic nitrogens is 2. The number of hydrogen-bond donors (Lipinski definition) is 1. The van der Waals surface area contributed by atoms with Crippen molar-refractivity contribution in [2.75, 3.05) is 30.4 Å². The molecule has 0 amide bonds. The van der Waals surface area contributed by atoms with Crippen LogP contribution in [0.2, 0.25) is 0 Å². The smallest absolute Gasteiger partial charge is 0.329 e. The number of anilines is 2. The lowest BCUT2D eigenvalue weighted by Gasteiger charge is -2.38. The Morgan fingerprint density at radius 1 is 1.55 bits per heavy atom. The molecule has 0 bridgehead atoms. The Kier molecular flexibility index (Phi) is 3.39. The number of hydrogen-bond acceptors (Lipinski definition) is 7. The lowest BCUT2D eigenvalue weighted by Crippen LogP contribution is -2.49. The molecule has 1 saturated carbocycles. The number of rotatable bonds is 3. The molecule has 1 aromatic heterocycles. The standard InChI is InChI=1S/C12H17N5O3/c1-13-12-14-7-9(17(18)19)11(15-12)16-5-6-20-10-4-2-3-8(10)16/h7-8,10H,2-6H2,1H3,(H,13,14,15). The Hall–Kier alpha value is -1.96. The van der Waals surface area contributed by atoms with Gasteiger partial charge in [0.05, 0.1) is 23.7 Å². The van der Waals surface area contributed by atoms with Crippen LogP contribution in [0.1, 0.15) is 19.3 Å². The molecule has 8 nitrogen and oxygen atoms in total. The summed E-state index contributed by atoms with van der Waals surface area (Å²) in [6.07, 6.45) is 4.52. The van der Waals surface area contributed by atoms with Crippen molar-refractivity contribution in [2.45, 2.75) is 31.4 Å². The Bertz CT molecular complexity index is 524. The Morgan fingerprint density at radius 3 is 3.15 bits per heavy atom. The first-order valence-electron chi connectivity index (χ1n) is 6.78. The van der Waals surface area contributed by atoms with Gasteiger partial charge in [-0.15, -0.1) is 0 Å². The number of nitrogens with one attached hydrogen (secondary N) is 1. The van der Waals surface area contributed by atoms with Crippen molar-refractivity contribution in [3.63, 3.8) is 0 Å². The van der Waals surface area contributed by atoms with Crippen LogP contribution in [-0.2, 0) is 4.74 Å². The molecule has 108 valence electrons. The molecule has 0 spiro atoms. The van der Waals surface area contributed by atoms with E-state index in [-0.39, 0.29) is 17.8 Å². The van der Waals surface area contributed by atoms with Crippen LogP contribution in [0.5, 0.6) is 0 Å². The molecule has 1 aromatic rings. The summed E-state index contributed by atoms with van der Waals surface area (Å²) in [7, 11) is 1.70. The van der Waals surface area contributed by atoms with Crippen LogP contribution in [0.15, 0.2) is 6.20 Å². The van der Waals surface area contributed by atoms with Crippen molar-refractivity contribution < 1.29 is 9.66 Å². The molecule has 2 fully saturated rings. The van der Waals surface area contributed by atoms with Gasteiger partial charge in [0.15, 0.2) is 0 Å². The molecule has 2 aliphatic rings. The quantitative estimate of drug-likeness (QED) is 0.656. The number of nitrogens with zero attached hydrogens (tertiary/aromatic N) is 4. The first kappa shape index (κ1) is 13.0. The summed E-state index contributed by atoms with van der Waals surface area (Å²) >= 11 is 0. The summed E-state index contributed by atoms with van der Waals surface area (Å²) in [4.78, 5) is 21.0. The highest BCUT2D eigenvalue weighted by molar-refractivity contribution is 5.60. The molecule has 3 rings (SSSR count). The fourth-order valence-corrected chi connectivity index (χ4v) is 3.02. The molecule has 2 atom stereocenters. The van der Waals surface area contributed by atoms with Crippen molar-refractivity contribution in [2.24, 2.45) is 0 Å². The second-order valence-corrected chi connectivity index (χ2v) is 5.01. The van der Waals surface area contributed by atoms with Gasteiger partial charge in [-0.1, -0.05) is 0 Å². The summed E-state index contributed by atoms with van der Waals surface area (Å²) < 4.78 is 5.74. The second kappa shape index (κ2) is 5.20. The van der Waals surface area contributed by atoms with E-state index in [1.807, 2.05) is 4.90 Å². The van der Waals surface area contributed by atoms with Gasteiger partial charge >= 0.3 is 5.69 Å². The predicted molar refractivity (Wildman–Crippen MR) is 73.0 cm³/mol. The monoisotopic (exact) mass is 279 g/mol. The topological polar surface area (TPSA) is 93.4 Å². The average Bonchev–Trinajstić information content (AvgIpc) is 2.94. The van der Waals surface area contributed by atoms with Gasteiger partial charge in [-0.05, 0) is 19.3 Å². The van der Waals surface area contributed by atoms with Crippen LogP contribution < -0.4 is 10.2 Å². The number of nitro groups is 1. The largest absolute Gasteiger partial charge is 0.374 e. The lowest BCUT2D eigenvalue weighted by atomic mass is 10.1. The fourth-order valence-electron chi connectivity index (χ4n) is 3.02. The summed E-state index contributed by atoms with van der Waals surface area (Å²) in [5, 5.41) is 14.0. The van der Waals surface area contributed by atoms with Gasteiger partial charge in [0.25, 0.3) is 0 Å². The molecule has 1 aliphatic carbocycles. The third-order valence-corrected chi connectivity index (χ3v) is 3.92. The SMILES string of the molecule is CNc1ncc([N+](=O)[O-])c(N2CCOC3CCCC32)n1. The first-order valence-corrected chi connectivity index (χ1v) is 6.78. The average molecular weight is 279 g/mol. The van der Waals surface area contributed by atoms with E-state index in [0.717, 1.165) is 19.3 Å². The van der Waals surface area contributed by atoms with E-state index in [0.29, 0.717) is 24.9 Å². The van der Waals surface area contributed by atoms with Gasteiger partial charge in [-0.25, -0.2) is 4.98 Å². The van der Waals surface area contributed by atoms with Crippen LogP contribution >= 0.6 is 0 Å². The van der Waals surface area contributed by atoms with E-state index in [9.17, 15) is 10.1 Å². The minimum Gasteiger partial charge on any atom is -0.374 e. The highest BCUT2D eigenvalue weighted by atomic mass is 16.6. The number of ether oxygens (including phenoxy) is 1. The molecule has 0 radical (unpaired) electrons. The van der Waals surface area contributed by atoms with Gasteiger partial charge in [0.2, 0.25) is 11.8 Å². The zero-order chi connectivity index (χ0) is 14.1. The summed E-state index contributed by atoms with van der Waals surface area (Å²) in [6.45, 7) is 1.21. The maximum absolute atomic E-state index is 11.2. The van der Waals surface area contributed by atoms with Gasteiger partial charge in [0, 0.05) is 13.6 Å². The van der Waals surface area contributed by atoms with Crippen molar-refractivity contribution in [3.05, 3.63) is 16.3 Å². The zero-order valence-corrected chi connectivity index (χ0v) is 11.3. The minimum atomic E-state index is -0.422. The third-order valence-electron chi connectivity index (χ3n) is 3.92. The van der Waals surface area contributed by atoms with Gasteiger partial charge in [-0.2, -0.15) is 4.98 Å². The van der Waals surface area contributed by atoms with Crippen LogP contribution in [0, 0.1) is 10.1 Å². The zero-order valence-electron chi connectivity index (χ0n) is 11.3. The van der Waals surface area contributed by atoms with Crippen molar-refractivity contribution in [3.8, 4) is 0 Å². The van der Waals surface area contributed by atoms with Gasteiger partial charge in [-0.3, -0.25) is 10.1 Å². The van der Waals surface area contributed by atoms with E-state index in [1.54, 1.807) is 7.05 Å². The second-order valence-electron chi connectivity index (χ2n) is 5.01. The van der Waals surface area contributed by atoms with E-state index in [1.165, 1.54) is 6.20 Å². The highest BCUT2D eigenvalue weighted by Gasteiger charge is 2.39. The number of morpholine rings is 1. The molecular formula is C12H17N5O3. The highest BCUT2D eigenvalue weighted by Crippen LogP contribution is 2.36. The predicted octanol–water partition coefficient (Wildman–Crippen LogP) is 1.18. The first-order chi connectivity index (χ1) is 9.70. The molecular weight excluding hydrogens is 262 g/mol. The molecule has 20 heavy (non-hydrogen) atoms. The van der Waals surface area contributed by atoms with Gasteiger partial charge in [0.1, 0.15) is 6.20 Å². The van der Waals surface area contributed by atoms with E-state index in [4.69, 9.17) is 4.74 Å². The van der Waals surface area contributed by atoms with Crippen LogP contribution in [-0.4, -0.2) is 47.2 Å². The Labute approximate surface area is 116 Å². The maximum atomic E-state index is 11.2. The molecule has 0 aromatic carbocycles. The maximum Gasteiger partial charge on any atom is 0.329 e. The Balaban J connectivity index is 2.00. The Morgan fingerprint density at radius 2 is 2.40 bits per heavy atom. The molecule has 1 saturated heterocycles. The lowest BCUT2D eigenvalue weighted by molar-refractivity contribution is -0.384. The summed E-state index contributed by atoms with van der Waals surface area (Å²) in [6, 6.07) is 0.182. The molecule has 2 unspecified atom stereocenters. The van der Waals surface area contributed by atoms with Gasteiger partial charge < -0.3 is 15.0 Å². The summed E-state index contributed by atoms with van der Waals surface area (Å²) in [5.41, 5.74) is -0.0449. The molecule has 1 N–H and O–H groups in total. The number of fused-ring (bicyclic) bond motifs is 1. The van der Waals surface area contributed by atoms with Crippen LogP contribution in [0.4, 0.5) is 17.5 Å². The van der Waals surface area contributed by atoms with E-state index >= 15 is 0 Å². The fraction of sp³-hybridized carbons (Fsp3) is 0.667. The normalized spacial score (nSPS) is 25.4. The van der Waals surface area contributed by atoms with Crippen LogP contribution in [0.25, 0.3) is 0 Å². The molecule has 2 heterocycles. The third kappa shape index (κ3) is 2.15. The van der Waals surface area contributed by atoms with Crippen molar-refractivity contribution in [1.82, 2.24) is 9.97 Å². The van der Waals surface area contributed by atoms with Crippen molar-refractivity contribution in [1.29, 1.82) is 0 Å². The van der Waals surface area contributed by atoms with Crippen molar-refractivity contribution >= 4 is 17.5 Å². The van der Waals surface area contributed by atoms with E-state index in [2.05, 4.69) is 15.3 Å². The minimum absolute atomic E-state index is 0.0449. The molecule has 8 heteroatoms. The molecule has 1 aliphatic heterocycles. The van der Waals surface area contributed by atoms with Crippen LogP contribution in [0.3, 0.4) is 0 Å².